The van der Waals surface area contributed by atoms with E-state index in [1.165, 1.54) is 6.07 Å². The topological polar surface area (TPSA) is 29.3 Å². The van der Waals surface area contributed by atoms with E-state index < -0.39 is 0 Å². The number of nitrogens with zero attached hydrogens (tertiary/aromatic N) is 1. The molecule has 0 amide bonds. The molecule has 2 nitrogen and oxygen atoms in total. The van der Waals surface area contributed by atoms with Crippen molar-refractivity contribution >= 4 is 21.6 Å². The van der Waals surface area contributed by atoms with Crippen LogP contribution in [0.25, 0.3) is 0 Å². The largest absolute Gasteiger partial charge is 0.368 e. The molecule has 0 unspecified atom stereocenters. The highest BCUT2D eigenvalue weighted by Gasteiger charge is 2.15. The highest BCUT2D eigenvalue weighted by molar-refractivity contribution is 9.10. The van der Waals surface area contributed by atoms with Gasteiger partial charge in [-0.05, 0) is 36.2 Å². The Hall–Kier alpha value is -1.39. The average molecular weight is 337 g/mol. The summed E-state index contributed by atoms with van der Waals surface area (Å²) in [5, 5.41) is 0. The molecule has 2 rings (SSSR count). The molecule has 4 heteroatoms. The molecule has 0 fully saturated rings. The minimum absolute atomic E-state index is 0.203. The molecule has 0 spiro atoms. The fourth-order valence-electron chi connectivity index (χ4n) is 2.29. The standard InChI is InChI=1S/C16H18BrFN2/c1-11(19)14-7-4-8-15(18)16(14)20(2)10-12-5-3-6-13(17)9-12/h3-9,11H,10,19H2,1-2H3/t11-/m1/s1. The van der Waals surface area contributed by atoms with Crippen molar-refractivity contribution in [2.45, 2.75) is 19.5 Å². The number of nitrogens with two attached hydrogens (primary N) is 1. The van der Waals surface area contributed by atoms with E-state index in [0.717, 1.165) is 15.6 Å². The summed E-state index contributed by atoms with van der Waals surface area (Å²) in [5.74, 6) is -0.239. The van der Waals surface area contributed by atoms with E-state index in [2.05, 4.69) is 15.9 Å². The van der Waals surface area contributed by atoms with Crippen LogP contribution in [0.5, 0.6) is 0 Å². The van der Waals surface area contributed by atoms with E-state index in [1.54, 1.807) is 6.07 Å². The molecule has 0 saturated carbocycles. The molecule has 0 aliphatic carbocycles. The first-order chi connectivity index (χ1) is 9.49. The lowest BCUT2D eigenvalue weighted by Gasteiger charge is -2.24. The minimum atomic E-state index is -0.239. The summed E-state index contributed by atoms with van der Waals surface area (Å²) >= 11 is 3.45. The molecule has 0 radical (unpaired) electrons. The van der Waals surface area contributed by atoms with Crippen LogP contribution >= 0.6 is 15.9 Å². The molecule has 0 aliphatic heterocycles. The quantitative estimate of drug-likeness (QED) is 0.904. The van der Waals surface area contributed by atoms with Gasteiger partial charge in [-0.3, -0.25) is 0 Å². The highest BCUT2D eigenvalue weighted by atomic mass is 79.9. The highest BCUT2D eigenvalue weighted by Crippen LogP contribution is 2.28. The first-order valence-corrected chi connectivity index (χ1v) is 7.28. The second-order valence-electron chi connectivity index (χ2n) is 4.95. The molecule has 106 valence electrons. The molecule has 1 atom stereocenters. The number of hydrogen-bond donors (Lipinski definition) is 1. The maximum absolute atomic E-state index is 14.1. The van der Waals surface area contributed by atoms with Gasteiger partial charge in [0.2, 0.25) is 0 Å². The lowest BCUT2D eigenvalue weighted by molar-refractivity contribution is 0.616. The zero-order valence-corrected chi connectivity index (χ0v) is 13.2. The van der Waals surface area contributed by atoms with Crippen LogP contribution in [0.1, 0.15) is 24.1 Å². The third-order valence-electron chi connectivity index (χ3n) is 3.20. The zero-order chi connectivity index (χ0) is 14.7. The van der Waals surface area contributed by atoms with Gasteiger partial charge >= 0.3 is 0 Å². The summed E-state index contributed by atoms with van der Waals surface area (Å²) in [6.07, 6.45) is 0. The second-order valence-corrected chi connectivity index (χ2v) is 5.87. The Kier molecular flexibility index (Phi) is 4.78. The van der Waals surface area contributed by atoms with Crippen LogP contribution in [0.2, 0.25) is 0 Å². The Bertz CT molecular complexity index is 599. The molecular weight excluding hydrogens is 319 g/mol. The van der Waals surface area contributed by atoms with Gasteiger partial charge in [0, 0.05) is 24.1 Å². The first-order valence-electron chi connectivity index (χ1n) is 6.48. The number of anilines is 1. The normalized spacial score (nSPS) is 12.2. The maximum atomic E-state index is 14.1. The van der Waals surface area contributed by atoms with Crippen molar-refractivity contribution in [3.63, 3.8) is 0 Å². The number of halogens is 2. The molecule has 0 aromatic heterocycles. The van der Waals surface area contributed by atoms with Gasteiger partial charge in [-0.2, -0.15) is 0 Å². The fraction of sp³-hybridized carbons (Fsp3) is 0.250. The molecule has 0 aliphatic rings. The predicted octanol–water partition coefficient (Wildman–Crippen LogP) is 4.24. The summed E-state index contributed by atoms with van der Waals surface area (Å²) in [6.45, 7) is 2.49. The van der Waals surface area contributed by atoms with Crippen molar-refractivity contribution in [1.29, 1.82) is 0 Å². The monoisotopic (exact) mass is 336 g/mol. The fourth-order valence-corrected chi connectivity index (χ4v) is 2.74. The third kappa shape index (κ3) is 3.38. The van der Waals surface area contributed by atoms with Gasteiger partial charge in [-0.15, -0.1) is 0 Å². The Morgan fingerprint density at radius 1 is 1.25 bits per heavy atom. The van der Waals surface area contributed by atoms with Crippen LogP contribution in [0, 0.1) is 5.82 Å². The zero-order valence-electron chi connectivity index (χ0n) is 11.6. The molecule has 0 saturated heterocycles. The number of benzene rings is 2. The lowest BCUT2D eigenvalue weighted by Crippen LogP contribution is -2.21. The van der Waals surface area contributed by atoms with Gasteiger partial charge in [0.25, 0.3) is 0 Å². The van der Waals surface area contributed by atoms with E-state index in [0.29, 0.717) is 12.2 Å². The number of rotatable bonds is 4. The maximum Gasteiger partial charge on any atom is 0.146 e. The Morgan fingerprint density at radius 3 is 2.60 bits per heavy atom. The average Bonchev–Trinajstić information content (AvgIpc) is 2.38. The Balaban J connectivity index is 2.31. The van der Waals surface area contributed by atoms with Gasteiger partial charge in [0.05, 0.1) is 5.69 Å². The number of hydrogen-bond acceptors (Lipinski definition) is 2. The van der Waals surface area contributed by atoms with Crippen LogP contribution in [0.15, 0.2) is 46.9 Å². The van der Waals surface area contributed by atoms with E-state index in [1.807, 2.05) is 49.2 Å². The molecule has 0 bridgehead atoms. The van der Waals surface area contributed by atoms with E-state index in [9.17, 15) is 4.39 Å². The van der Waals surface area contributed by atoms with Gasteiger partial charge in [0.15, 0.2) is 0 Å². The molecular formula is C16H18BrFN2. The summed E-state index contributed by atoms with van der Waals surface area (Å²) < 4.78 is 15.2. The van der Waals surface area contributed by atoms with Crippen molar-refractivity contribution in [3.05, 3.63) is 63.9 Å². The Labute approximate surface area is 127 Å². The summed E-state index contributed by atoms with van der Waals surface area (Å²) in [6, 6.07) is 12.8. The lowest BCUT2D eigenvalue weighted by atomic mass is 10.0. The van der Waals surface area contributed by atoms with Crippen LogP contribution in [0.4, 0.5) is 10.1 Å². The second kappa shape index (κ2) is 6.37. The first kappa shape index (κ1) is 15.0. The van der Waals surface area contributed by atoms with Crippen LogP contribution in [0.3, 0.4) is 0 Å². The summed E-state index contributed by atoms with van der Waals surface area (Å²) in [5.41, 5.74) is 8.44. The molecule has 0 heterocycles. The Morgan fingerprint density at radius 2 is 1.95 bits per heavy atom. The predicted molar refractivity (Wildman–Crippen MR) is 85.3 cm³/mol. The van der Waals surface area contributed by atoms with Gasteiger partial charge in [0.1, 0.15) is 5.82 Å². The van der Waals surface area contributed by atoms with Crippen molar-refractivity contribution in [3.8, 4) is 0 Å². The van der Waals surface area contributed by atoms with Crippen molar-refractivity contribution in [2.75, 3.05) is 11.9 Å². The van der Waals surface area contributed by atoms with Crippen LogP contribution in [-0.2, 0) is 6.54 Å². The van der Waals surface area contributed by atoms with E-state index >= 15 is 0 Å². The molecule has 2 aromatic carbocycles. The number of para-hydroxylation sites is 1. The van der Waals surface area contributed by atoms with Crippen LogP contribution < -0.4 is 10.6 Å². The van der Waals surface area contributed by atoms with Gasteiger partial charge in [-0.25, -0.2) is 4.39 Å². The SMILES string of the molecule is C[C@@H](N)c1cccc(F)c1N(C)Cc1cccc(Br)c1. The van der Waals surface area contributed by atoms with Gasteiger partial charge < -0.3 is 10.6 Å². The van der Waals surface area contributed by atoms with Crippen molar-refractivity contribution < 1.29 is 4.39 Å². The third-order valence-corrected chi connectivity index (χ3v) is 3.69. The molecule has 2 N–H and O–H groups in total. The van der Waals surface area contributed by atoms with Crippen molar-refractivity contribution in [1.82, 2.24) is 0 Å². The summed E-state index contributed by atoms with van der Waals surface area (Å²) in [4.78, 5) is 1.90. The van der Waals surface area contributed by atoms with Gasteiger partial charge in [-0.1, -0.05) is 40.2 Å². The summed E-state index contributed by atoms with van der Waals surface area (Å²) in [7, 11) is 1.88. The molecule has 2 aromatic rings. The minimum Gasteiger partial charge on any atom is -0.368 e. The smallest absolute Gasteiger partial charge is 0.146 e. The van der Waals surface area contributed by atoms with Crippen LogP contribution in [-0.4, -0.2) is 7.05 Å². The van der Waals surface area contributed by atoms with E-state index in [-0.39, 0.29) is 11.9 Å². The molecule has 20 heavy (non-hydrogen) atoms. The van der Waals surface area contributed by atoms with Crippen molar-refractivity contribution in [2.24, 2.45) is 5.73 Å². The van der Waals surface area contributed by atoms with E-state index in [4.69, 9.17) is 5.73 Å².